The van der Waals surface area contributed by atoms with Crippen LogP contribution in [0.25, 0.3) is 0 Å². The molecule has 0 fully saturated rings. The first-order valence-corrected chi connectivity index (χ1v) is 9.21. The van der Waals surface area contributed by atoms with Gasteiger partial charge in [0.2, 0.25) is 0 Å². The van der Waals surface area contributed by atoms with Gasteiger partial charge in [-0.1, -0.05) is 34.1 Å². The van der Waals surface area contributed by atoms with Crippen molar-refractivity contribution < 1.29 is 9.22 Å². The van der Waals surface area contributed by atoms with Gasteiger partial charge in [0.25, 0.3) is 0 Å². The van der Waals surface area contributed by atoms with Crippen LogP contribution < -0.4 is 0 Å². The second kappa shape index (κ2) is 6.55. The van der Waals surface area contributed by atoms with Gasteiger partial charge in [0.1, 0.15) is 6.29 Å². The average molecular weight is 244 g/mol. The minimum atomic E-state index is -1.56. The lowest BCUT2D eigenvalue weighted by Gasteiger charge is -2.36. The molecule has 0 aliphatic rings. The van der Waals surface area contributed by atoms with Crippen LogP contribution in [0.5, 0.6) is 0 Å². The van der Waals surface area contributed by atoms with Crippen LogP contribution in [0.1, 0.15) is 47.0 Å². The van der Waals surface area contributed by atoms with Crippen molar-refractivity contribution in [3.05, 3.63) is 0 Å². The normalized spacial score (nSPS) is 14.9. The molecule has 0 spiro atoms. The molecule has 0 saturated carbocycles. The Balaban J connectivity index is 3.70. The van der Waals surface area contributed by atoms with Gasteiger partial charge in [0.05, 0.1) is 0 Å². The van der Waals surface area contributed by atoms with Crippen molar-refractivity contribution in [1.82, 2.24) is 0 Å². The van der Waals surface area contributed by atoms with Gasteiger partial charge in [-0.15, -0.1) is 0 Å². The molecule has 1 atom stereocenters. The topological polar surface area (TPSA) is 26.3 Å². The summed E-state index contributed by atoms with van der Waals surface area (Å²) in [6.45, 7) is 14.2. The van der Waals surface area contributed by atoms with Crippen molar-refractivity contribution in [3.63, 3.8) is 0 Å². The zero-order valence-corrected chi connectivity index (χ0v) is 12.8. The van der Waals surface area contributed by atoms with Crippen LogP contribution in [0.4, 0.5) is 0 Å². The lowest BCUT2D eigenvalue weighted by molar-refractivity contribution is -0.110. The van der Waals surface area contributed by atoms with E-state index in [4.69, 9.17) is 4.43 Å². The third-order valence-corrected chi connectivity index (χ3v) is 8.09. The number of carbonyl (C=O) groups is 1. The Morgan fingerprint density at radius 3 is 2.25 bits per heavy atom. The molecule has 0 unspecified atom stereocenters. The third-order valence-electron chi connectivity index (χ3n) is 3.56. The highest BCUT2D eigenvalue weighted by molar-refractivity contribution is 6.74. The summed E-state index contributed by atoms with van der Waals surface area (Å²) in [5.74, 6) is 0.202. The summed E-state index contributed by atoms with van der Waals surface area (Å²) in [4.78, 5) is 10.4. The maximum absolute atomic E-state index is 10.4. The van der Waals surface area contributed by atoms with Gasteiger partial charge >= 0.3 is 0 Å². The maximum atomic E-state index is 10.4. The van der Waals surface area contributed by atoms with Crippen LogP contribution in [0.2, 0.25) is 18.1 Å². The van der Waals surface area contributed by atoms with Gasteiger partial charge in [0, 0.05) is 12.5 Å². The summed E-state index contributed by atoms with van der Waals surface area (Å²) in [5, 5.41) is 0.295. The summed E-state index contributed by atoms with van der Waals surface area (Å²) in [6, 6.07) is 0. The smallest absolute Gasteiger partial charge is 0.191 e. The molecule has 0 radical (unpaired) electrons. The average Bonchev–Trinajstić information content (AvgIpc) is 2.15. The van der Waals surface area contributed by atoms with Gasteiger partial charge in [-0.3, -0.25) is 0 Å². The third kappa shape index (κ3) is 5.80. The first-order valence-electron chi connectivity index (χ1n) is 6.30. The van der Waals surface area contributed by atoms with E-state index in [9.17, 15) is 4.79 Å². The second-order valence-electron chi connectivity index (χ2n) is 6.22. The Kier molecular flexibility index (Phi) is 6.49. The molecule has 0 amide bonds. The molecule has 0 aromatic carbocycles. The number of carbonyl (C=O) groups excluding carboxylic acids is 1. The predicted octanol–water partition coefficient (Wildman–Crippen LogP) is 4.01. The Hall–Kier alpha value is -0.153. The van der Waals surface area contributed by atoms with Crippen molar-refractivity contribution in [2.75, 3.05) is 6.61 Å². The molecule has 0 rings (SSSR count). The van der Waals surface area contributed by atoms with Gasteiger partial charge in [-0.2, -0.15) is 0 Å². The van der Waals surface area contributed by atoms with Crippen molar-refractivity contribution in [3.8, 4) is 0 Å². The van der Waals surface area contributed by atoms with Crippen LogP contribution >= 0.6 is 0 Å². The number of rotatable bonds is 7. The van der Waals surface area contributed by atoms with E-state index in [1.54, 1.807) is 0 Å². The summed E-state index contributed by atoms with van der Waals surface area (Å²) in [7, 11) is -1.56. The van der Waals surface area contributed by atoms with Gasteiger partial charge in [-0.05, 0) is 31.0 Å². The molecule has 0 heterocycles. The predicted molar refractivity (Wildman–Crippen MR) is 72.2 cm³/mol. The Morgan fingerprint density at radius 2 is 1.81 bits per heavy atom. The SMILES string of the molecule is C[C@H](C=O)CCCCO[Si](C)(C)C(C)(C)C. The lowest BCUT2D eigenvalue weighted by Crippen LogP contribution is -2.40. The van der Waals surface area contributed by atoms with Crippen molar-refractivity contribution in [2.24, 2.45) is 5.92 Å². The van der Waals surface area contributed by atoms with E-state index in [1.807, 2.05) is 6.92 Å². The summed E-state index contributed by atoms with van der Waals surface area (Å²) in [6.07, 6.45) is 4.19. The molecule has 16 heavy (non-hydrogen) atoms. The highest BCUT2D eigenvalue weighted by Gasteiger charge is 2.36. The molecule has 0 aromatic heterocycles. The molecule has 2 nitrogen and oxygen atoms in total. The Bertz CT molecular complexity index is 206. The molecule has 0 bridgehead atoms. The zero-order chi connectivity index (χ0) is 12.8. The molecule has 0 aromatic rings. The van der Waals surface area contributed by atoms with Crippen LogP contribution in [0.15, 0.2) is 0 Å². The summed E-state index contributed by atoms with van der Waals surface area (Å²) < 4.78 is 6.06. The fourth-order valence-electron chi connectivity index (χ4n) is 1.18. The largest absolute Gasteiger partial charge is 0.417 e. The van der Waals surface area contributed by atoms with Crippen LogP contribution in [0, 0.1) is 5.92 Å². The first-order chi connectivity index (χ1) is 7.20. The fraction of sp³-hybridized carbons (Fsp3) is 0.923. The van der Waals surface area contributed by atoms with E-state index >= 15 is 0 Å². The number of unbranched alkanes of at least 4 members (excludes halogenated alkanes) is 1. The monoisotopic (exact) mass is 244 g/mol. The molecule has 0 saturated heterocycles. The fourth-order valence-corrected chi connectivity index (χ4v) is 2.27. The molecular weight excluding hydrogens is 216 g/mol. The molecular formula is C13H28O2Si. The maximum Gasteiger partial charge on any atom is 0.191 e. The highest BCUT2D eigenvalue weighted by Crippen LogP contribution is 2.36. The number of aldehydes is 1. The summed E-state index contributed by atoms with van der Waals surface area (Å²) in [5.41, 5.74) is 0. The van der Waals surface area contributed by atoms with E-state index in [2.05, 4.69) is 33.9 Å². The van der Waals surface area contributed by atoms with Gasteiger partial charge < -0.3 is 9.22 Å². The molecule has 0 aliphatic carbocycles. The van der Waals surface area contributed by atoms with Crippen molar-refractivity contribution in [2.45, 2.75) is 65.1 Å². The minimum Gasteiger partial charge on any atom is -0.417 e. The molecule has 0 aliphatic heterocycles. The van der Waals surface area contributed by atoms with Crippen LogP contribution in [-0.2, 0) is 9.22 Å². The Labute approximate surface area is 102 Å². The van der Waals surface area contributed by atoms with Crippen LogP contribution in [0.3, 0.4) is 0 Å². The second-order valence-corrected chi connectivity index (χ2v) is 11.0. The zero-order valence-electron chi connectivity index (χ0n) is 11.8. The van der Waals surface area contributed by atoms with Crippen LogP contribution in [-0.4, -0.2) is 21.2 Å². The van der Waals surface area contributed by atoms with E-state index in [0.717, 1.165) is 32.2 Å². The quantitative estimate of drug-likeness (QED) is 0.384. The van der Waals surface area contributed by atoms with E-state index in [1.165, 1.54) is 0 Å². The summed E-state index contributed by atoms with van der Waals surface area (Å²) >= 11 is 0. The minimum absolute atomic E-state index is 0.202. The molecule has 96 valence electrons. The van der Waals surface area contributed by atoms with E-state index < -0.39 is 8.32 Å². The first kappa shape index (κ1) is 15.8. The van der Waals surface area contributed by atoms with Gasteiger partial charge in [-0.25, -0.2) is 0 Å². The number of hydrogen-bond donors (Lipinski definition) is 0. The van der Waals surface area contributed by atoms with E-state index in [-0.39, 0.29) is 5.92 Å². The lowest BCUT2D eigenvalue weighted by atomic mass is 10.1. The molecule has 0 N–H and O–H groups in total. The highest BCUT2D eigenvalue weighted by atomic mass is 28.4. The van der Waals surface area contributed by atoms with Crippen molar-refractivity contribution in [1.29, 1.82) is 0 Å². The van der Waals surface area contributed by atoms with Gasteiger partial charge in [0.15, 0.2) is 8.32 Å². The Morgan fingerprint density at radius 1 is 1.25 bits per heavy atom. The molecule has 3 heteroatoms. The number of hydrogen-bond acceptors (Lipinski definition) is 2. The van der Waals surface area contributed by atoms with Crippen molar-refractivity contribution >= 4 is 14.6 Å². The van der Waals surface area contributed by atoms with E-state index in [0.29, 0.717) is 5.04 Å². The standard InChI is InChI=1S/C13H28O2Si/c1-12(11-14)9-7-8-10-15-16(5,6)13(2,3)4/h11-12H,7-10H2,1-6H3/t12-/m0/s1.